The molecule has 0 fully saturated rings. The van der Waals surface area contributed by atoms with E-state index in [9.17, 15) is 14.4 Å². The quantitative estimate of drug-likeness (QED) is 0.169. The Morgan fingerprint density at radius 2 is 1.69 bits per heavy atom. The molecule has 0 spiro atoms. The van der Waals surface area contributed by atoms with Crippen molar-refractivity contribution in [2.45, 2.75) is 13.2 Å². The first kappa shape index (κ1) is 27.2. The van der Waals surface area contributed by atoms with Crippen molar-refractivity contribution >= 4 is 29.3 Å². The van der Waals surface area contributed by atoms with Crippen LogP contribution in [0.2, 0.25) is 5.02 Å². The summed E-state index contributed by atoms with van der Waals surface area (Å²) < 4.78 is 30.1. The van der Waals surface area contributed by atoms with Gasteiger partial charge in [-0.05, 0) is 71.8 Å². The molecule has 0 aromatic heterocycles. The van der Waals surface area contributed by atoms with E-state index in [1.54, 1.807) is 60.7 Å². The summed E-state index contributed by atoms with van der Waals surface area (Å²) in [5.74, 6) is 0.630. The number of ether oxygens (including phenoxy) is 3. The molecule has 0 aliphatic carbocycles. The number of hydrogen-bond acceptors (Lipinski definition) is 5. The van der Waals surface area contributed by atoms with Crippen molar-refractivity contribution in [3.63, 3.8) is 0 Å². The normalized spacial score (nSPS) is 10.9. The molecule has 0 radical (unpaired) electrons. The average molecular weight is 543 g/mol. The van der Waals surface area contributed by atoms with E-state index in [0.29, 0.717) is 40.1 Å². The van der Waals surface area contributed by atoms with Crippen LogP contribution in [0, 0.1) is 17.1 Å². The van der Waals surface area contributed by atoms with Gasteiger partial charge in [-0.1, -0.05) is 48.0 Å². The van der Waals surface area contributed by atoms with Crippen LogP contribution in [0.1, 0.15) is 16.7 Å². The number of nitrogens with one attached hydrogen (secondary N) is 1. The number of hydrogen-bond donors (Lipinski definition) is 1. The van der Waals surface area contributed by atoms with Crippen molar-refractivity contribution < 1.29 is 23.4 Å². The van der Waals surface area contributed by atoms with Gasteiger partial charge in [-0.2, -0.15) is 5.26 Å². The number of methoxy groups -OCH3 is 1. The van der Waals surface area contributed by atoms with Gasteiger partial charge >= 0.3 is 0 Å². The third kappa shape index (κ3) is 7.60. The SMILES string of the molecule is COc1cc(/C=C(\C#N)C(=O)Nc2ccc(OCc3ccccc3Cl)cc2)ccc1OCc1ccc(F)cc1. The summed E-state index contributed by atoms with van der Waals surface area (Å²) in [6.45, 7) is 0.535. The fourth-order valence-electron chi connectivity index (χ4n) is 3.56. The van der Waals surface area contributed by atoms with Gasteiger partial charge in [0.15, 0.2) is 11.5 Å². The number of benzene rings is 4. The first-order valence-electron chi connectivity index (χ1n) is 11.9. The average Bonchev–Trinajstić information content (AvgIpc) is 2.96. The standard InChI is InChI=1S/C31H24ClFN2O4/c1-37-30-17-22(8-15-29(30)39-19-21-6-9-25(33)10-7-21)16-24(18-34)31(36)35-26-11-13-27(14-12-26)38-20-23-4-2-3-5-28(23)32/h2-17H,19-20H2,1H3,(H,35,36)/b24-16+. The lowest BCUT2D eigenvalue weighted by Gasteiger charge is -2.12. The second kappa shape index (κ2) is 13.1. The summed E-state index contributed by atoms with van der Waals surface area (Å²) in [5.41, 5.74) is 2.66. The zero-order chi connectivity index (χ0) is 27.6. The molecule has 0 aliphatic rings. The number of carbonyl (C=O) groups excluding carboxylic acids is 1. The summed E-state index contributed by atoms with van der Waals surface area (Å²) in [6, 6.07) is 27.2. The van der Waals surface area contributed by atoms with Crippen molar-refractivity contribution in [1.82, 2.24) is 0 Å². The molecule has 0 atom stereocenters. The van der Waals surface area contributed by atoms with Gasteiger partial charge < -0.3 is 19.5 Å². The number of rotatable bonds is 10. The molecular weight excluding hydrogens is 519 g/mol. The van der Waals surface area contributed by atoms with Gasteiger partial charge in [-0.3, -0.25) is 4.79 Å². The van der Waals surface area contributed by atoms with Crippen molar-refractivity contribution in [2.75, 3.05) is 12.4 Å². The highest BCUT2D eigenvalue weighted by molar-refractivity contribution is 6.31. The number of nitriles is 1. The van der Waals surface area contributed by atoms with Crippen molar-refractivity contribution in [3.05, 3.63) is 124 Å². The topological polar surface area (TPSA) is 80.6 Å². The first-order valence-corrected chi connectivity index (χ1v) is 12.3. The maximum Gasteiger partial charge on any atom is 0.266 e. The molecule has 196 valence electrons. The second-order valence-electron chi connectivity index (χ2n) is 8.35. The first-order chi connectivity index (χ1) is 18.9. The Labute approximate surface area is 230 Å². The molecule has 8 heteroatoms. The van der Waals surface area contributed by atoms with Gasteiger partial charge in [0.2, 0.25) is 0 Å². The highest BCUT2D eigenvalue weighted by Crippen LogP contribution is 2.30. The Morgan fingerprint density at radius 1 is 0.949 bits per heavy atom. The fraction of sp³-hybridized carbons (Fsp3) is 0.0968. The van der Waals surface area contributed by atoms with E-state index in [1.165, 1.54) is 25.3 Å². The van der Waals surface area contributed by atoms with E-state index >= 15 is 0 Å². The predicted molar refractivity (Wildman–Crippen MR) is 148 cm³/mol. The van der Waals surface area contributed by atoms with Gasteiger partial charge in [0, 0.05) is 16.3 Å². The van der Waals surface area contributed by atoms with Crippen LogP contribution in [-0.4, -0.2) is 13.0 Å². The molecule has 1 amide bonds. The lowest BCUT2D eigenvalue weighted by molar-refractivity contribution is -0.112. The maximum absolute atomic E-state index is 13.1. The second-order valence-corrected chi connectivity index (χ2v) is 8.76. The molecule has 4 rings (SSSR count). The molecule has 0 unspecified atom stereocenters. The Bertz CT molecular complexity index is 1510. The minimum Gasteiger partial charge on any atom is -0.493 e. The Kier molecular flexibility index (Phi) is 9.17. The number of anilines is 1. The number of halogens is 2. The molecular formula is C31H24ClFN2O4. The third-order valence-corrected chi connectivity index (χ3v) is 6.00. The highest BCUT2D eigenvalue weighted by Gasteiger charge is 2.12. The van der Waals surface area contributed by atoms with E-state index in [-0.39, 0.29) is 18.0 Å². The van der Waals surface area contributed by atoms with Crippen LogP contribution in [0.15, 0.2) is 96.6 Å². The van der Waals surface area contributed by atoms with Gasteiger partial charge in [0.1, 0.15) is 36.4 Å². The van der Waals surface area contributed by atoms with Gasteiger partial charge in [-0.25, -0.2) is 4.39 Å². The molecule has 0 aliphatic heterocycles. The van der Waals surface area contributed by atoms with Crippen LogP contribution < -0.4 is 19.5 Å². The Balaban J connectivity index is 1.38. The molecule has 4 aromatic carbocycles. The number of carbonyl (C=O) groups is 1. The largest absolute Gasteiger partial charge is 0.493 e. The van der Waals surface area contributed by atoms with E-state index in [1.807, 2.05) is 24.3 Å². The Morgan fingerprint density at radius 3 is 2.38 bits per heavy atom. The van der Waals surface area contributed by atoms with Crippen LogP contribution in [0.3, 0.4) is 0 Å². The van der Waals surface area contributed by atoms with Crippen LogP contribution in [-0.2, 0) is 18.0 Å². The van der Waals surface area contributed by atoms with Crippen molar-refractivity contribution in [1.29, 1.82) is 5.26 Å². The summed E-state index contributed by atoms with van der Waals surface area (Å²) in [6.07, 6.45) is 1.46. The minimum atomic E-state index is -0.558. The molecule has 4 aromatic rings. The molecule has 0 saturated heterocycles. The van der Waals surface area contributed by atoms with Gasteiger partial charge in [0.05, 0.1) is 7.11 Å². The van der Waals surface area contributed by atoms with Crippen molar-refractivity contribution in [2.24, 2.45) is 0 Å². The van der Waals surface area contributed by atoms with Crippen LogP contribution in [0.25, 0.3) is 6.08 Å². The summed E-state index contributed by atoms with van der Waals surface area (Å²) >= 11 is 6.16. The van der Waals surface area contributed by atoms with E-state index < -0.39 is 5.91 Å². The van der Waals surface area contributed by atoms with E-state index in [2.05, 4.69) is 5.32 Å². The lowest BCUT2D eigenvalue weighted by atomic mass is 10.1. The molecule has 39 heavy (non-hydrogen) atoms. The maximum atomic E-state index is 13.1. The minimum absolute atomic E-state index is 0.0870. The number of amides is 1. The zero-order valence-electron chi connectivity index (χ0n) is 21.0. The lowest BCUT2D eigenvalue weighted by Crippen LogP contribution is -2.13. The van der Waals surface area contributed by atoms with E-state index in [4.69, 9.17) is 25.8 Å². The van der Waals surface area contributed by atoms with Crippen molar-refractivity contribution in [3.8, 4) is 23.3 Å². The smallest absolute Gasteiger partial charge is 0.266 e. The van der Waals surface area contributed by atoms with Gasteiger partial charge in [0.25, 0.3) is 5.91 Å². The summed E-state index contributed by atoms with van der Waals surface area (Å²) in [5, 5.41) is 12.9. The highest BCUT2D eigenvalue weighted by atomic mass is 35.5. The Hall–Kier alpha value is -4.80. The molecule has 1 N–H and O–H groups in total. The molecule has 0 heterocycles. The van der Waals surface area contributed by atoms with Crippen LogP contribution in [0.4, 0.5) is 10.1 Å². The van der Waals surface area contributed by atoms with Gasteiger partial charge in [-0.15, -0.1) is 0 Å². The monoisotopic (exact) mass is 542 g/mol. The molecule has 0 bridgehead atoms. The predicted octanol–water partition coefficient (Wildman–Crippen LogP) is 7.19. The third-order valence-electron chi connectivity index (χ3n) is 5.64. The molecule has 0 saturated carbocycles. The molecule has 6 nitrogen and oxygen atoms in total. The summed E-state index contributed by atoms with van der Waals surface area (Å²) in [7, 11) is 1.49. The van der Waals surface area contributed by atoms with E-state index in [0.717, 1.165) is 11.1 Å². The van der Waals surface area contributed by atoms with Crippen LogP contribution >= 0.6 is 11.6 Å². The fourth-order valence-corrected chi connectivity index (χ4v) is 3.75. The summed E-state index contributed by atoms with van der Waals surface area (Å²) in [4.78, 5) is 12.8. The zero-order valence-corrected chi connectivity index (χ0v) is 21.7. The number of nitrogens with zero attached hydrogens (tertiary/aromatic N) is 1. The van der Waals surface area contributed by atoms with Crippen LogP contribution in [0.5, 0.6) is 17.2 Å².